The van der Waals surface area contributed by atoms with E-state index in [2.05, 4.69) is 16.4 Å². The van der Waals surface area contributed by atoms with Gasteiger partial charge in [0.05, 0.1) is 26.7 Å². The Bertz CT molecular complexity index is 821. The first-order chi connectivity index (χ1) is 13.1. The number of hydrogen-bond acceptors (Lipinski definition) is 5. The van der Waals surface area contributed by atoms with Gasteiger partial charge in [-0.3, -0.25) is 9.59 Å². The Morgan fingerprint density at radius 3 is 2.96 bits per heavy atom. The van der Waals surface area contributed by atoms with Gasteiger partial charge in [0, 0.05) is 36.1 Å². The number of H-pyrrole nitrogens is 1. The highest BCUT2D eigenvalue weighted by Crippen LogP contribution is 2.28. The maximum absolute atomic E-state index is 12.3. The number of thioether (sulfide) groups is 1. The van der Waals surface area contributed by atoms with Gasteiger partial charge in [-0.05, 0) is 29.8 Å². The van der Waals surface area contributed by atoms with Gasteiger partial charge in [0.1, 0.15) is 5.56 Å². The summed E-state index contributed by atoms with van der Waals surface area (Å²) >= 11 is 1.69. The highest BCUT2D eigenvalue weighted by molar-refractivity contribution is 7.99. The minimum atomic E-state index is -0.104. The molecular weight excluding hydrogens is 366 g/mol. The monoisotopic (exact) mass is 389 g/mol. The Morgan fingerprint density at radius 1 is 1.30 bits per heavy atom. The average Bonchev–Trinajstić information content (AvgIpc) is 3.28. The van der Waals surface area contributed by atoms with Gasteiger partial charge in [0.25, 0.3) is 5.91 Å². The van der Waals surface area contributed by atoms with E-state index in [1.54, 1.807) is 36.0 Å². The maximum Gasteiger partial charge on any atom is 0.259 e. The van der Waals surface area contributed by atoms with Crippen molar-refractivity contribution < 1.29 is 19.1 Å². The van der Waals surface area contributed by atoms with E-state index >= 15 is 0 Å². The molecule has 0 atom stereocenters. The molecule has 0 radical (unpaired) electrons. The molecule has 27 heavy (non-hydrogen) atoms. The molecule has 2 N–H and O–H groups in total. The van der Waals surface area contributed by atoms with E-state index in [0.717, 1.165) is 21.9 Å². The molecule has 2 aromatic rings. The molecule has 0 spiro atoms. The Labute approximate surface area is 162 Å². The van der Waals surface area contributed by atoms with Crippen molar-refractivity contribution in [3.63, 3.8) is 0 Å². The molecule has 1 aromatic heterocycles. The second-order valence-electron chi connectivity index (χ2n) is 6.16. The molecule has 2 amide bonds. The summed E-state index contributed by atoms with van der Waals surface area (Å²) in [6.07, 6.45) is 2.13. The van der Waals surface area contributed by atoms with Gasteiger partial charge in [0.2, 0.25) is 11.8 Å². The highest BCUT2D eigenvalue weighted by Gasteiger charge is 2.18. The SMILES string of the molecule is COc1[nH]ccc1C(=O)N(C)CCOCCSc1ccc2c(c1)CC(=O)N2. The van der Waals surface area contributed by atoms with Crippen molar-refractivity contribution in [2.75, 3.05) is 45.0 Å². The summed E-state index contributed by atoms with van der Waals surface area (Å²) in [7, 11) is 3.27. The summed E-state index contributed by atoms with van der Waals surface area (Å²) in [6, 6.07) is 7.70. The minimum Gasteiger partial charge on any atom is -0.482 e. The van der Waals surface area contributed by atoms with Gasteiger partial charge in [-0.25, -0.2) is 0 Å². The lowest BCUT2D eigenvalue weighted by atomic mass is 10.2. The van der Waals surface area contributed by atoms with Crippen molar-refractivity contribution in [3.8, 4) is 5.88 Å². The molecule has 1 aliphatic heterocycles. The molecule has 0 saturated carbocycles. The second-order valence-corrected chi connectivity index (χ2v) is 7.32. The van der Waals surface area contributed by atoms with Crippen LogP contribution in [0.1, 0.15) is 15.9 Å². The van der Waals surface area contributed by atoms with Crippen LogP contribution in [0, 0.1) is 0 Å². The number of carbonyl (C=O) groups excluding carboxylic acids is 2. The van der Waals surface area contributed by atoms with Crippen molar-refractivity contribution in [3.05, 3.63) is 41.6 Å². The van der Waals surface area contributed by atoms with Crippen LogP contribution in [0.4, 0.5) is 5.69 Å². The van der Waals surface area contributed by atoms with Gasteiger partial charge >= 0.3 is 0 Å². The van der Waals surface area contributed by atoms with Crippen LogP contribution in [0.3, 0.4) is 0 Å². The van der Waals surface area contributed by atoms with Crippen LogP contribution in [0.2, 0.25) is 0 Å². The topological polar surface area (TPSA) is 83.7 Å². The summed E-state index contributed by atoms with van der Waals surface area (Å²) < 4.78 is 10.8. The van der Waals surface area contributed by atoms with Crippen molar-refractivity contribution in [1.29, 1.82) is 0 Å². The van der Waals surface area contributed by atoms with Gasteiger partial charge in [-0.1, -0.05) is 0 Å². The number of methoxy groups -OCH3 is 1. The Kier molecular flexibility index (Phi) is 6.41. The third-order valence-electron chi connectivity index (χ3n) is 4.26. The number of hydrogen-bond donors (Lipinski definition) is 2. The molecule has 0 fully saturated rings. The maximum atomic E-state index is 12.3. The fraction of sp³-hybridized carbons (Fsp3) is 0.368. The van der Waals surface area contributed by atoms with E-state index in [-0.39, 0.29) is 11.8 Å². The zero-order valence-electron chi connectivity index (χ0n) is 15.4. The van der Waals surface area contributed by atoms with E-state index in [1.165, 1.54) is 7.11 Å². The quantitative estimate of drug-likeness (QED) is 0.508. The number of likely N-dealkylation sites (N-methyl/N-ethyl adjacent to an activating group) is 1. The number of rotatable bonds is 9. The van der Waals surface area contributed by atoms with E-state index in [0.29, 0.717) is 37.6 Å². The first kappa shape index (κ1) is 19.3. The van der Waals surface area contributed by atoms with Gasteiger partial charge in [-0.15, -0.1) is 11.8 Å². The van der Waals surface area contributed by atoms with Gasteiger partial charge in [0.15, 0.2) is 0 Å². The number of ether oxygens (including phenoxy) is 2. The predicted octanol–water partition coefficient (Wildman–Crippen LogP) is 2.40. The second kappa shape index (κ2) is 8.96. The summed E-state index contributed by atoms with van der Waals surface area (Å²) in [5.74, 6) is 1.22. The predicted molar refractivity (Wildman–Crippen MR) is 105 cm³/mol. The number of nitrogens with one attached hydrogen (secondary N) is 2. The molecule has 144 valence electrons. The third kappa shape index (κ3) is 4.84. The lowest BCUT2D eigenvalue weighted by Crippen LogP contribution is -2.30. The van der Waals surface area contributed by atoms with E-state index in [4.69, 9.17) is 9.47 Å². The molecule has 1 aromatic carbocycles. The van der Waals surface area contributed by atoms with Crippen LogP contribution in [0.15, 0.2) is 35.4 Å². The number of amides is 2. The Balaban J connectivity index is 1.34. The molecule has 0 saturated heterocycles. The number of benzene rings is 1. The number of fused-ring (bicyclic) bond motifs is 1. The average molecular weight is 389 g/mol. The number of carbonyl (C=O) groups is 2. The van der Waals surface area contributed by atoms with E-state index in [9.17, 15) is 9.59 Å². The first-order valence-corrected chi connectivity index (χ1v) is 9.67. The van der Waals surface area contributed by atoms with Crippen molar-refractivity contribution in [1.82, 2.24) is 9.88 Å². The third-order valence-corrected chi connectivity index (χ3v) is 5.22. The zero-order valence-corrected chi connectivity index (χ0v) is 16.2. The highest BCUT2D eigenvalue weighted by atomic mass is 32.2. The Morgan fingerprint density at radius 2 is 2.15 bits per heavy atom. The molecule has 2 heterocycles. The number of aromatic nitrogens is 1. The van der Waals surface area contributed by atoms with Crippen molar-refractivity contribution in [2.24, 2.45) is 0 Å². The van der Waals surface area contributed by atoms with Crippen molar-refractivity contribution >= 4 is 29.3 Å². The molecule has 0 aliphatic carbocycles. The molecular formula is C19H23N3O4S. The minimum absolute atomic E-state index is 0.0476. The fourth-order valence-corrected chi connectivity index (χ4v) is 3.64. The number of aromatic amines is 1. The molecule has 0 bridgehead atoms. The van der Waals surface area contributed by atoms with Gasteiger partial charge < -0.3 is 24.7 Å². The molecule has 7 nitrogen and oxygen atoms in total. The molecule has 1 aliphatic rings. The molecule has 0 unspecified atom stereocenters. The van der Waals surface area contributed by atoms with Gasteiger partial charge in [-0.2, -0.15) is 0 Å². The smallest absolute Gasteiger partial charge is 0.259 e. The van der Waals surface area contributed by atoms with E-state index < -0.39 is 0 Å². The molecule has 8 heteroatoms. The molecule has 3 rings (SSSR count). The summed E-state index contributed by atoms with van der Waals surface area (Å²) in [5, 5.41) is 2.83. The Hall–Kier alpha value is -2.45. The summed E-state index contributed by atoms with van der Waals surface area (Å²) in [5.41, 5.74) is 2.47. The normalized spacial score (nSPS) is 12.6. The summed E-state index contributed by atoms with van der Waals surface area (Å²) in [4.78, 5) is 29.3. The number of nitrogens with zero attached hydrogens (tertiary/aromatic N) is 1. The van der Waals surface area contributed by atoms with Crippen LogP contribution in [0.5, 0.6) is 5.88 Å². The summed E-state index contributed by atoms with van der Waals surface area (Å²) in [6.45, 7) is 1.57. The first-order valence-electron chi connectivity index (χ1n) is 8.68. The van der Waals surface area contributed by atoms with Crippen LogP contribution in [0.25, 0.3) is 0 Å². The van der Waals surface area contributed by atoms with E-state index in [1.807, 2.05) is 12.1 Å². The lowest BCUT2D eigenvalue weighted by molar-refractivity contribution is -0.115. The number of anilines is 1. The van der Waals surface area contributed by atoms with Crippen molar-refractivity contribution in [2.45, 2.75) is 11.3 Å². The van der Waals surface area contributed by atoms with Crippen LogP contribution >= 0.6 is 11.8 Å². The largest absolute Gasteiger partial charge is 0.482 e. The fourth-order valence-electron chi connectivity index (χ4n) is 2.82. The zero-order chi connectivity index (χ0) is 19.2. The van der Waals surface area contributed by atoms with Crippen LogP contribution in [-0.2, 0) is 16.0 Å². The standard InChI is InChI=1S/C19H23N3O4S/c1-22(19(24)15-5-6-20-18(15)25-2)7-8-26-9-10-27-14-3-4-16-13(11-14)12-17(23)21-16/h3-6,11,20H,7-10,12H2,1-2H3,(H,21,23). The van der Waals surface area contributed by atoms with Crippen LogP contribution in [-0.4, -0.2) is 61.4 Å². The van der Waals surface area contributed by atoms with Crippen LogP contribution < -0.4 is 10.1 Å². The lowest BCUT2D eigenvalue weighted by Gasteiger charge is -2.17.